The molecule has 0 aliphatic rings. The van der Waals surface area contributed by atoms with E-state index in [1.54, 1.807) is 0 Å². The summed E-state index contributed by atoms with van der Waals surface area (Å²) >= 11 is -3.46. The van der Waals surface area contributed by atoms with Gasteiger partial charge in [0.1, 0.15) is 0 Å². The molecule has 0 saturated heterocycles. The fourth-order valence-corrected chi connectivity index (χ4v) is 0.758. The Labute approximate surface area is 54.2 Å². The summed E-state index contributed by atoms with van der Waals surface area (Å²) in [5, 5.41) is 7.84. The van der Waals surface area contributed by atoms with Crippen molar-refractivity contribution in [1.29, 1.82) is 0 Å². The minimum absolute atomic E-state index is 0.615. The van der Waals surface area contributed by atoms with E-state index >= 15 is 0 Å². The molecule has 0 aliphatic heterocycles. The van der Waals surface area contributed by atoms with Crippen LogP contribution >= 0.6 is 0 Å². The molecule has 0 amide bonds. The quantitative estimate of drug-likeness (QED) is 0.491. The summed E-state index contributed by atoms with van der Waals surface area (Å²) in [6.45, 7) is -0.615. The van der Waals surface area contributed by atoms with Crippen molar-refractivity contribution in [3.05, 3.63) is 0 Å². The van der Waals surface area contributed by atoms with Crippen LogP contribution in [0.15, 0.2) is 0 Å². The zero-order valence-electron chi connectivity index (χ0n) is 3.81. The molecule has 0 atom stereocenters. The number of hydrogen-bond donors (Lipinski definition) is 3. The molecule has 5 nitrogen and oxygen atoms in total. The van der Waals surface area contributed by atoms with Crippen molar-refractivity contribution in [1.82, 2.24) is 0 Å². The molecule has 48 valence electrons. The standard InChI is InChI=1S/C2H3O3.2H2O.Sb/c3-1-2(4)5;;;/h1H2,(H,4,5);2*1H2;/q-1;;;+3/p-2. The molecule has 0 rings (SSSR count). The van der Waals surface area contributed by atoms with Crippen molar-refractivity contribution in [2.24, 2.45) is 0 Å². The van der Waals surface area contributed by atoms with Crippen molar-refractivity contribution in [3.63, 3.8) is 0 Å². The first-order chi connectivity index (χ1) is 3.63. The fourth-order valence-electron chi connectivity index (χ4n) is 0.113. The van der Waals surface area contributed by atoms with Gasteiger partial charge in [-0.3, -0.25) is 0 Å². The topological polar surface area (TPSA) is 87.0 Å². The van der Waals surface area contributed by atoms with Crippen LogP contribution in [0.5, 0.6) is 0 Å². The van der Waals surface area contributed by atoms with Crippen molar-refractivity contribution in [2.75, 3.05) is 6.61 Å². The Morgan fingerprint density at radius 3 is 2.25 bits per heavy atom. The van der Waals surface area contributed by atoms with Crippen molar-refractivity contribution in [3.8, 4) is 0 Å². The Kier molecular flexibility index (Phi) is 4.17. The Hall–Kier alpha value is 0.168. The molecular weight excluding hydrogens is 226 g/mol. The molecule has 0 saturated carbocycles. The first kappa shape index (κ1) is 8.17. The fraction of sp³-hybridized carbons (Fsp3) is 0.500. The van der Waals surface area contributed by atoms with Gasteiger partial charge in [0, 0.05) is 0 Å². The van der Waals surface area contributed by atoms with E-state index in [1.165, 1.54) is 0 Å². The van der Waals surface area contributed by atoms with Crippen molar-refractivity contribution < 1.29 is 19.7 Å². The molecule has 0 radical (unpaired) electrons. The second-order valence-electron chi connectivity index (χ2n) is 0.920. The zero-order valence-corrected chi connectivity index (χ0v) is 6.37. The van der Waals surface area contributed by atoms with E-state index in [4.69, 9.17) is 11.9 Å². The van der Waals surface area contributed by atoms with Crippen LogP contribution in [-0.4, -0.2) is 45.9 Å². The maximum atomic E-state index is 9.59. The summed E-state index contributed by atoms with van der Waals surface area (Å²) in [7, 11) is 0. The monoisotopic (exact) mass is 230 g/mol. The van der Waals surface area contributed by atoms with Crippen LogP contribution in [0.2, 0.25) is 0 Å². The summed E-state index contributed by atoms with van der Waals surface area (Å²) in [5.41, 5.74) is 0. The number of aliphatic carboxylic acids is 1. The normalized spacial score (nSPS) is 9.88. The van der Waals surface area contributed by atoms with E-state index in [-0.39, 0.29) is 0 Å². The summed E-state index contributed by atoms with van der Waals surface area (Å²) in [5.74, 6) is -1.19. The molecule has 0 aromatic carbocycles. The average Bonchev–Trinajstić information content (AvgIpc) is 1.61. The zero-order chi connectivity index (χ0) is 6.57. The molecule has 0 bridgehead atoms. The second-order valence-corrected chi connectivity index (χ2v) is 3.10. The van der Waals surface area contributed by atoms with Crippen LogP contribution in [-0.2, 0) is 7.81 Å². The summed E-state index contributed by atoms with van der Waals surface area (Å²) in [4.78, 5) is 9.59. The molecule has 0 heterocycles. The molecule has 0 aliphatic carbocycles. The first-order valence-electron chi connectivity index (χ1n) is 1.65. The van der Waals surface area contributed by atoms with Crippen LogP contribution < -0.4 is 0 Å². The van der Waals surface area contributed by atoms with E-state index in [1.807, 2.05) is 0 Å². The number of carboxylic acids is 1. The molecule has 0 spiro atoms. The van der Waals surface area contributed by atoms with Gasteiger partial charge in [-0.15, -0.1) is 0 Å². The molecule has 0 aromatic heterocycles. The van der Waals surface area contributed by atoms with Crippen LogP contribution in [0.3, 0.4) is 0 Å². The van der Waals surface area contributed by atoms with Gasteiger partial charge < -0.3 is 0 Å². The van der Waals surface area contributed by atoms with Gasteiger partial charge in [-0.25, -0.2) is 0 Å². The van der Waals surface area contributed by atoms with Gasteiger partial charge >= 0.3 is 53.7 Å². The van der Waals surface area contributed by atoms with Crippen molar-refractivity contribution >= 4 is 27.4 Å². The summed E-state index contributed by atoms with van der Waals surface area (Å²) < 4.78 is 20.1. The number of hydrogen-bond acceptors (Lipinski definition) is 4. The molecule has 0 unspecified atom stereocenters. The molecule has 3 N–H and O–H groups in total. The van der Waals surface area contributed by atoms with Crippen LogP contribution in [0, 0.1) is 0 Å². The van der Waals surface area contributed by atoms with Crippen LogP contribution in [0.25, 0.3) is 0 Å². The molecule has 0 fully saturated rings. The third kappa shape index (κ3) is 6.17. The van der Waals surface area contributed by atoms with Gasteiger partial charge in [0.15, 0.2) is 0 Å². The maximum absolute atomic E-state index is 9.59. The third-order valence-corrected chi connectivity index (χ3v) is 1.33. The third-order valence-electron chi connectivity index (χ3n) is 0.303. The average molecular weight is 231 g/mol. The second kappa shape index (κ2) is 4.09. The van der Waals surface area contributed by atoms with Gasteiger partial charge in [0.25, 0.3) is 0 Å². The van der Waals surface area contributed by atoms with Gasteiger partial charge in [-0.2, -0.15) is 0 Å². The van der Waals surface area contributed by atoms with E-state index < -0.39 is 34.0 Å². The summed E-state index contributed by atoms with van der Waals surface area (Å²) in [6.07, 6.45) is 0. The van der Waals surface area contributed by atoms with E-state index in [0.29, 0.717) is 0 Å². The minimum atomic E-state index is -3.46. The number of carbonyl (C=O) groups is 1. The molecule has 0 aromatic rings. The number of carboxylic acid groups (broad SMARTS) is 1. The van der Waals surface area contributed by atoms with E-state index in [0.717, 1.165) is 0 Å². The molecule has 8 heavy (non-hydrogen) atoms. The van der Waals surface area contributed by atoms with Crippen LogP contribution in [0.1, 0.15) is 0 Å². The van der Waals surface area contributed by atoms with Gasteiger partial charge in [-0.05, 0) is 0 Å². The Morgan fingerprint density at radius 1 is 1.62 bits per heavy atom. The van der Waals surface area contributed by atoms with Crippen LogP contribution in [0.4, 0.5) is 0 Å². The van der Waals surface area contributed by atoms with Gasteiger partial charge in [0.2, 0.25) is 0 Å². The SMILES string of the molecule is O=C(O)C[O][Sb]([OH])[OH]. The van der Waals surface area contributed by atoms with Gasteiger partial charge in [0.05, 0.1) is 0 Å². The predicted octanol–water partition coefficient (Wildman–Crippen LogP) is -1.94. The Bertz CT molecular complexity index is 80.5. The first-order valence-corrected chi connectivity index (χ1v) is 4.98. The Morgan fingerprint density at radius 2 is 2.12 bits per heavy atom. The molecular formula is C2H5O5Sb. The van der Waals surface area contributed by atoms with E-state index in [2.05, 4.69) is 3.02 Å². The van der Waals surface area contributed by atoms with Gasteiger partial charge in [-0.1, -0.05) is 0 Å². The number of rotatable bonds is 3. The Balaban J connectivity index is 3.05. The van der Waals surface area contributed by atoms with E-state index in [9.17, 15) is 4.79 Å². The molecule has 6 heteroatoms. The van der Waals surface area contributed by atoms with Crippen molar-refractivity contribution in [2.45, 2.75) is 0 Å². The summed E-state index contributed by atoms with van der Waals surface area (Å²) in [6, 6.07) is 0. The predicted molar refractivity (Wildman–Crippen MR) is 23.8 cm³/mol.